The van der Waals surface area contributed by atoms with Crippen molar-refractivity contribution in [2.75, 3.05) is 19.6 Å². The molecule has 1 amide bonds. The van der Waals surface area contributed by atoms with Crippen molar-refractivity contribution in [1.29, 1.82) is 0 Å². The highest BCUT2D eigenvalue weighted by Gasteiger charge is 2.38. The molecule has 17 heavy (non-hydrogen) atoms. The molecule has 1 aliphatic rings. The third-order valence-corrected chi connectivity index (χ3v) is 3.25. The minimum atomic E-state index is -0.795. The highest BCUT2D eigenvalue weighted by Crippen LogP contribution is 2.24. The smallest absolute Gasteiger partial charge is 0.308 e. The van der Waals surface area contributed by atoms with Gasteiger partial charge in [-0.2, -0.15) is 0 Å². The Bertz CT molecular complexity index is 348. The van der Waals surface area contributed by atoms with Crippen LogP contribution in [0.1, 0.15) is 13.8 Å². The average Bonchev–Trinajstić information content (AvgIpc) is 2.67. The molecule has 1 rings (SSSR count). The fourth-order valence-corrected chi connectivity index (χ4v) is 2.09. The van der Waals surface area contributed by atoms with Gasteiger partial charge in [0, 0.05) is 13.1 Å². The van der Waals surface area contributed by atoms with Gasteiger partial charge in [-0.15, -0.1) is 6.42 Å². The Morgan fingerprint density at radius 1 is 1.59 bits per heavy atom. The summed E-state index contributed by atoms with van der Waals surface area (Å²) in [4.78, 5) is 24.5. The number of carboxylic acids is 1. The minimum Gasteiger partial charge on any atom is -0.481 e. The quantitative estimate of drug-likeness (QED) is 0.664. The maximum atomic E-state index is 11.7. The summed E-state index contributed by atoms with van der Waals surface area (Å²) in [5, 5.41) is 11.6. The van der Waals surface area contributed by atoms with Crippen molar-refractivity contribution >= 4 is 11.9 Å². The van der Waals surface area contributed by atoms with Gasteiger partial charge in [-0.1, -0.05) is 12.8 Å². The molecule has 1 heterocycles. The molecular weight excluding hydrogens is 220 g/mol. The van der Waals surface area contributed by atoms with Crippen LogP contribution in [0.15, 0.2) is 0 Å². The van der Waals surface area contributed by atoms with Crippen molar-refractivity contribution in [3.05, 3.63) is 0 Å². The number of carboxylic acid groups (broad SMARTS) is 1. The molecule has 94 valence electrons. The number of terminal acetylenes is 1. The second-order valence-corrected chi connectivity index (χ2v) is 4.47. The van der Waals surface area contributed by atoms with E-state index in [0.29, 0.717) is 13.1 Å². The molecule has 0 saturated carbocycles. The van der Waals surface area contributed by atoms with Crippen LogP contribution in [0.5, 0.6) is 0 Å². The zero-order valence-corrected chi connectivity index (χ0v) is 10.1. The number of carbonyl (C=O) groups excluding carboxylic acids is 1. The van der Waals surface area contributed by atoms with Crippen LogP contribution in [0.3, 0.4) is 0 Å². The predicted octanol–water partition coefficient (Wildman–Crippen LogP) is -0.223. The maximum Gasteiger partial charge on any atom is 0.308 e. The van der Waals surface area contributed by atoms with E-state index < -0.39 is 11.9 Å². The molecule has 0 aromatic rings. The number of carbonyl (C=O) groups is 2. The van der Waals surface area contributed by atoms with Gasteiger partial charge in [-0.3, -0.25) is 14.5 Å². The van der Waals surface area contributed by atoms with Crippen molar-refractivity contribution in [2.24, 2.45) is 11.8 Å². The molecule has 0 radical (unpaired) electrons. The van der Waals surface area contributed by atoms with Crippen LogP contribution in [0.2, 0.25) is 0 Å². The van der Waals surface area contributed by atoms with Gasteiger partial charge in [-0.05, 0) is 12.8 Å². The molecule has 5 nitrogen and oxygen atoms in total. The van der Waals surface area contributed by atoms with Crippen LogP contribution >= 0.6 is 0 Å². The first-order valence-corrected chi connectivity index (χ1v) is 5.65. The molecule has 1 fully saturated rings. The molecule has 0 aromatic carbocycles. The summed E-state index contributed by atoms with van der Waals surface area (Å²) in [5.41, 5.74) is 0. The van der Waals surface area contributed by atoms with Crippen LogP contribution in [0.25, 0.3) is 0 Å². The Labute approximate surface area is 101 Å². The van der Waals surface area contributed by atoms with E-state index in [-0.39, 0.29) is 24.4 Å². The lowest BCUT2D eigenvalue weighted by molar-refractivity contribution is -0.142. The summed E-state index contributed by atoms with van der Waals surface area (Å²) in [7, 11) is 0. The normalized spacial score (nSPS) is 26.2. The summed E-state index contributed by atoms with van der Waals surface area (Å²) < 4.78 is 0. The van der Waals surface area contributed by atoms with Gasteiger partial charge in [0.25, 0.3) is 0 Å². The summed E-state index contributed by atoms with van der Waals surface area (Å²) in [6, 6.07) is -0.338. The minimum absolute atomic E-state index is 0.0652. The van der Waals surface area contributed by atoms with E-state index in [1.807, 2.05) is 11.8 Å². The molecule has 0 aromatic heterocycles. The summed E-state index contributed by atoms with van der Waals surface area (Å²) in [6.07, 6.45) is 5.06. The van der Waals surface area contributed by atoms with Crippen molar-refractivity contribution in [3.8, 4) is 12.3 Å². The van der Waals surface area contributed by atoms with E-state index in [0.717, 1.165) is 0 Å². The monoisotopic (exact) mass is 238 g/mol. The zero-order chi connectivity index (χ0) is 13.0. The Hall–Kier alpha value is -1.54. The number of rotatable bonds is 4. The number of aliphatic carboxylic acids is 1. The van der Waals surface area contributed by atoms with Crippen molar-refractivity contribution in [2.45, 2.75) is 19.9 Å². The largest absolute Gasteiger partial charge is 0.481 e. The molecule has 3 atom stereocenters. The molecule has 2 N–H and O–H groups in total. The van der Waals surface area contributed by atoms with Gasteiger partial charge in [0.1, 0.15) is 0 Å². The van der Waals surface area contributed by atoms with Crippen LogP contribution in [-0.4, -0.2) is 47.6 Å². The Morgan fingerprint density at radius 2 is 2.24 bits per heavy atom. The van der Waals surface area contributed by atoms with Gasteiger partial charge in [-0.25, -0.2) is 0 Å². The number of likely N-dealkylation sites (tertiary alicyclic amines) is 1. The fraction of sp³-hybridized carbons (Fsp3) is 0.667. The molecule has 1 aliphatic heterocycles. The number of hydrogen-bond acceptors (Lipinski definition) is 3. The summed E-state index contributed by atoms with van der Waals surface area (Å²) in [5.74, 6) is 1.06. The van der Waals surface area contributed by atoms with Gasteiger partial charge >= 0.3 is 5.97 Å². The van der Waals surface area contributed by atoms with Crippen LogP contribution in [0.4, 0.5) is 0 Å². The van der Waals surface area contributed by atoms with Crippen LogP contribution in [-0.2, 0) is 9.59 Å². The SMILES string of the molecule is C#CCNC(=O)C(C)N1CC(C)C(C(=O)O)C1. The van der Waals surface area contributed by atoms with E-state index in [1.54, 1.807) is 6.92 Å². The lowest BCUT2D eigenvalue weighted by atomic mass is 9.99. The summed E-state index contributed by atoms with van der Waals surface area (Å²) >= 11 is 0. The lowest BCUT2D eigenvalue weighted by Crippen LogP contribution is -2.44. The van der Waals surface area contributed by atoms with E-state index >= 15 is 0 Å². The first kappa shape index (κ1) is 13.5. The van der Waals surface area contributed by atoms with E-state index in [4.69, 9.17) is 11.5 Å². The van der Waals surface area contributed by atoms with Crippen molar-refractivity contribution < 1.29 is 14.7 Å². The Kier molecular flexibility index (Phi) is 4.53. The second-order valence-electron chi connectivity index (χ2n) is 4.47. The number of hydrogen-bond donors (Lipinski definition) is 2. The Morgan fingerprint density at radius 3 is 2.71 bits per heavy atom. The highest BCUT2D eigenvalue weighted by atomic mass is 16.4. The van der Waals surface area contributed by atoms with Crippen LogP contribution < -0.4 is 5.32 Å². The Balaban J connectivity index is 2.55. The average molecular weight is 238 g/mol. The van der Waals surface area contributed by atoms with E-state index in [1.165, 1.54) is 0 Å². The first-order valence-electron chi connectivity index (χ1n) is 5.65. The zero-order valence-electron chi connectivity index (χ0n) is 10.1. The second kappa shape index (κ2) is 5.69. The third-order valence-electron chi connectivity index (χ3n) is 3.25. The molecule has 0 spiro atoms. The lowest BCUT2D eigenvalue weighted by Gasteiger charge is -2.22. The molecular formula is C12H18N2O3. The molecule has 5 heteroatoms. The predicted molar refractivity (Wildman–Crippen MR) is 63.2 cm³/mol. The maximum absolute atomic E-state index is 11.7. The fourth-order valence-electron chi connectivity index (χ4n) is 2.09. The number of amides is 1. The molecule has 1 saturated heterocycles. The van der Waals surface area contributed by atoms with Gasteiger partial charge in [0.15, 0.2) is 0 Å². The third kappa shape index (κ3) is 3.21. The topological polar surface area (TPSA) is 69.6 Å². The first-order chi connectivity index (χ1) is 7.97. The van der Waals surface area contributed by atoms with Gasteiger partial charge in [0.05, 0.1) is 18.5 Å². The molecule has 3 unspecified atom stereocenters. The van der Waals surface area contributed by atoms with E-state index in [9.17, 15) is 9.59 Å². The van der Waals surface area contributed by atoms with Crippen LogP contribution in [0, 0.1) is 24.2 Å². The van der Waals surface area contributed by atoms with E-state index in [2.05, 4.69) is 11.2 Å². The molecule has 0 aliphatic carbocycles. The van der Waals surface area contributed by atoms with Crippen molar-refractivity contribution in [1.82, 2.24) is 10.2 Å². The number of nitrogens with zero attached hydrogens (tertiary/aromatic N) is 1. The standard InChI is InChI=1S/C12H18N2O3/c1-4-5-13-11(15)9(3)14-6-8(2)10(7-14)12(16)17/h1,8-10H,5-7H2,2-3H3,(H,13,15)(H,16,17). The van der Waals surface area contributed by atoms with Gasteiger partial charge in [0.2, 0.25) is 5.91 Å². The highest BCUT2D eigenvalue weighted by molar-refractivity contribution is 5.81. The summed E-state index contributed by atoms with van der Waals surface area (Å²) in [6.45, 7) is 4.91. The molecule has 0 bridgehead atoms. The number of nitrogens with one attached hydrogen (secondary N) is 1. The van der Waals surface area contributed by atoms with Crippen molar-refractivity contribution in [3.63, 3.8) is 0 Å². The van der Waals surface area contributed by atoms with Gasteiger partial charge < -0.3 is 10.4 Å².